The number of hydrogen-bond acceptors (Lipinski definition) is 4. The molecule has 5 heteroatoms. The van der Waals surface area contributed by atoms with E-state index < -0.39 is 0 Å². The molecule has 1 aromatic carbocycles. The Balaban J connectivity index is 2.18. The van der Waals surface area contributed by atoms with Crippen molar-refractivity contribution in [2.45, 2.75) is 12.8 Å². The summed E-state index contributed by atoms with van der Waals surface area (Å²) in [7, 11) is 0. The van der Waals surface area contributed by atoms with E-state index in [1.54, 1.807) is 18.2 Å². The second-order valence-electron chi connectivity index (χ2n) is 4.71. The molecular weight excluding hydrogens is 255 g/mol. The zero-order chi connectivity index (χ0) is 14.1. The molecule has 2 aromatic rings. The number of benzene rings is 1. The van der Waals surface area contributed by atoms with Crippen LogP contribution >= 0.6 is 0 Å². The van der Waals surface area contributed by atoms with Gasteiger partial charge in [-0.25, -0.2) is 9.37 Å². The Labute approximate surface area is 116 Å². The molecule has 1 aliphatic carbocycles. The standard InChI is InChI=1S/C15H13FN4/c16-12-4-2-1-3-10(12)13-11(8-7-9-5-6-9)14(17)20-15(18)19-13/h1-4,9H,5-6H2,(H4,17,18,19,20). The predicted octanol–water partition coefficient (Wildman–Crippen LogP) is 2.21. The van der Waals surface area contributed by atoms with Crippen molar-refractivity contribution >= 4 is 11.8 Å². The molecule has 20 heavy (non-hydrogen) atoms. The average molecular weight is 268 g/mol. The zero-order valence-electron chi connectivity index (χ0n) is 10.7. The molecule has 1 saturated carbocycles. The van der Waals surface area contributed by atoms with Crippen LogP contribution in [0.5, 0.6) is 0 Å². The van der Waals surface area contributed by atoms with Gasteiger partial charge in [-0.3, -0.25) is 0 Å². The summed E-state index contributed by atoms with van der Waals surface area (Å²) >= 11 is 0. The van der Waals surface area contributed by atoms with Gasteiger partial charge in [0, 0.05) is 11.5 Å². The lowest BCUT2D eigenvalue weighted by atomic mass is 10.1. The summed E-state index contributed by atoms with van der Waals surface area (Å²) in [5.41, 5.74) is 12.6. The van der Waals surface area contributed by atoms with Crippen LogP contribution in [0.3, 0.4) is 0 Å². The fourth-order valence-corrected chi connectivity index (χ4v) is 1.87. The van der Waals surface area contributed by atoms with Gasteiger partial charge in [-0.05, 0) is 25.0 Å². The molecule has 0 spiro atoms. The highest BCUT2D eigenvalue weighted by Crippen LogP contribution is 2.30. The Hall–Kier alpha value is -2.61. The minimum atomic E-state index is -0.389. The highest BCUT2D eigenvalue weighted by atomic mass is 19.1. The Morgan fingerprint density at radius 3 is 2.60 bits per heavy atom. The maximum atomic E-state index is 13.9. The van der Waals surface area contributed by atoms with E-state index in [1.165, 1.54) is 6.07 Å². The molecular formula is C15H13FN4. The second-order valence-corrected chi connectivity index (χ2v) is 4.71. The van der Waals surface area contributed by atoms with Gasteiger partial charge in [-0.1, -0.05) is 24.0 Å². The quantitative estimate of drug-likeness (QED) is 0.777. The summed E-state index contributed by atoms with van der Waals surface area (Å²) in [6, 6.07) is 6.33. The number of rotatable bonds is 1. The molecule has 1 fully saturated rings. The molecule has 100 valence electrons. The molecule has 0 bridgehead atoms. The molecule has 0 amide bonds. The lowest BCUT2D eigenvalue weighted by Gasteiger charge is -2.08. The van der Waals surface area contributed by atoms with Crippen LogP contribution in [0.4, 0.5) is 16.2 Å². The van der Waals surface area contributed by atoms with E-state index in [-0.39, 0.29) is 17.6 Å². The molecule has 0 aliphatic heterocycles. The van der Waals surface area contributed by atoms with Crippen molar-refractivity contribution < 1.29 is 4.39 Å². The van der Waals surface area contributed by atoms with Gasteiger partial charge in [0.2, 0.25) is 5.95 Å². The number of anilines is 2. The molecule has 4 N–H and O–H groups in total. The van der Waals surface area contributed by atoms with Gasteiger partial charge < -0.3 is 11.5 Å². The van der Waals surface area contributed by atoms with E-state index in [0.29, 0.717) is 22.7 Å². The van der Waals surface area contributed by atoms with Gasteiger partial charge in [-0.15, -0.1) is 0 Å². The number of hydrogen-bond donors (Lipinski definition) is 2. The van der Waals surface area contributed by atoms with Gasteiger partial charge >= 0.3 is 0 Å². The van der Waals surface area contributed by atoms with Crippen molar-refractivity contribution in [3.63, 3.8) is 0 Å². The molecule has 1 aliphatic rings. The van der Waals surface area contributed by atoms with Gasteiger partial charge in [0.05, 0.1) is 11.3 Å². The first-order valence-electron chi connectivity index (χ1n) is 6.34. The van der Waals surface area contributed by atoms with Crippen LogP contribution in [0.1, 0.15) is 18.4 Å². The zero-order valence-corrected chi connectivity index (χ0v) is 10.7. The van der Waals surface area contributed by atoms with Crippen LogP contribution in [0.25, 0.3) is 11.3 Å². The smallest absolute Gasteiger partial charge is 0.222 e. The second kappa shape index (κ2) is 4.82. The number of aromatic nitrogens is 2. The molecule has 0 radical (unpaired) electrons. The molecule has 3 rings (SSSR count). The van der Waals surface area contributed by atoms with Crippen molar-refractivity contribution in [2.24, 2.45) is 5.92 Å². The largest absolute Gasteiger partial charge is 0.382 e. The van der Waals surface area contributed by atoms with E-state index >= 15 is 0 Å². The third kappa shape index (κ3) is 2.41. The minimum absolute atomic E-state index is 0.0118. The maximum absolute atomic E-state index is 13.9. The van der Waals surface area contributed by atoms with Crippen LogP contribution < -0.4 is 11.5 Å². The third-order valence-electron chi connectivity index (χ3n) is 3.06. The molecule has 0 saturated heterocycles. The molecule has 1 heterocycles. The van der Waals surface area contributed by atoms with Crippen molar-refractivity contribution in [3.8, 4) is 23.1 Å². The van der Waals surface area contributed by atoms with E-state index in [4.69, 9.17) is 11.5 Å². The molecule has 4 nitrogen and oxygen atoms in total. The predicted molar refractivity (Wildman–Crippen MR) is 75.9 cm³/mol. The normalized spacial score (nSPS) is 13.7. The first-order valence-corrected chi connectivity index (χ1v) is 6.34. The Bertz CT molecular complexity index is 726. The first-order chi connectivity index (χ1) is 9.65. The molecule has 0 unspecified atom stereocenters. The summed E-state index contributed by atoms with van der Waals surface area (Å²) in [5, 5.41) is 0. The summed E-state index contributed by atoms with van der Waals surface area (Å²) in [4.78, 5) is 8.01. The topological polar surface area (TPSA) is 77.8 Å². The Morgan fingerprint density at radius 2 is 1.90 bits per heavy atom. The monoisotopic (exact) mass is 268 g/mol. The highest BCUT2D eigenvalue weighted by molar-refractivity contribution is 5.74. The van der Waals surface area contributed by atoms with Gasteiger partial charge in [0.1, 0.15) is 11.6 Å². The summed E-state index contributed by atoms with van der Waals surface area (Å²) in [6.45, 7) is 0. The van der Waals surface area contributed by atoms with E-state index in [2.05, 4.69) is 21.8 Å². The van der Waals surface area contributed by atoms with Gasteiger partial charge in [0.25, 0.3) is 0 Å². The fraction of sp³-hybridized carbons (Fsp3) is 0.200. The van der Waals surface area contributed by atoms with Crippen molar-refractivity contribution in [1.29, 1.82) is 0 Å². The Kier molecular flexibility index (Phi) is 2.99. The van der Waals surface area contributed by atoms with Crippen LogP contribution in [0, 0.1) is 23.6 Å². The first kappa shape index (κ1) is 12.4. The summed E-state index contributed by atoms with van der Waals surface area (Å²) < 4.78 is 13.9. The number of halogens is 1. The average Bonchev–Trinajstić information content (AvgIpc) is 3.21. The minimum Gasteiger partial charge on any atom is -0.382 e. The van der Waals surface area contributed by atoms with E-state index in [9.17, 15) is 4.39 Å². The van der Waals surface area contributed by atoms with Crippen LogP contribution in [0.2, 0.25) is 0 Å². The van der Waals surface area contributed by atoms with E-state index in [1.807, 2.05) is 0 Å². The van der Waals surface area contributed by atoms with E-state index in [0.717, 1.165) is 12.8 Å². The van der Waals surface area contributed by atoms with Crippen LogP contribution in [-0.4, -0.2) is 9.97 Å². The summed E-state index contributed by atoms with van der Waals surface area (Å²) in [6.07, 6.45) is 2.19. The van der Waals surface area contributed by atoms with Crippen LogP contribution in [-0.2, 0) is 0 Å². The Morgan fingerprint density at radius 1 is 1.15 bits per heavy atom. The van der Waals surface area contributed by atoms with Gasteiger partial charge in [-0.2, -0.15) is 4.98 Å². The van der Waals surface area contributed by atoms with Crippen LogP contribution in [0.15, 0.2) is 24.3 Å². The van der Waals surface area contributed by atoms with Gasteiger partial charge in [0.15, 0.2) is 0 Å². The fourth-order valence-electron chi connectivity index (χ4n) is 1.87. The summed E-state index contributed by atoms with van der Waals surface area (Å²) in [5.74, 6) is 6.27. The third-order valence-corrected chi connectivity index (χ3v) is 3.06. The number of nitrogen functional groups attached to an aromatic ring is 2. The van der Waals surface area contributed by atoms with Crippen molar-refractivity contribution in [1.82, 2.24) is 9.97 Å². The SMILES string of the molecule is Nc1nc(N)c(C#CC2CC2)c(-c2ccccc2F)n1. The van der Waals surface area contributed by atoms with Crippen molar-refractivity contribution in [3.05, 3.63) is 35.6 Å². The maximum Gasteiger partial charge on any atom is 0.222 e. The molecule has 0 atom stereocenters. The highest BCUT2D eigenvalue weighted by Gasteiger charge is 2.19. The lowest BCUT2D eigenvalue weighted by Crippen LogP contribution is -2.05. The number of nitrogens with zero attached hydrogens (tertiary/aromatic N) is 2. The molecule has 1 aromatic heterocycles. The lowest BCUT2D eigenvalue weighted by molar-refractivity contribution is 0.630. The number of nitrogens with two attached hydrogens (primary N) is 2. The van der Waals surface area contributed by atoms with Crippen molar-refractivity contribution in [2.75, 3.05) is 11.5 Å².